The van der Waals surface area contributed by atoms with E-state index in [1.54, 1.807) is 23.1 Å². The third kappa shape index (κ3) is 12.0. The number of aromatic nitrogens is 1. The zero-order valence-corrected chi connectivity index (χ0v) is 34.9. The first-order valence-electron chi connectivity index (χ1n) is 20.4. The molecule has 1 amide bonds. The molecule has 1 aliphatic heterocycles. The van der Waals surface area contributed by atoms with Gasteiger partial charge in [-0.2, -0.15) is 0 Å². The molecule has 5 N–H and O–H groups in total. The molecule has 2 aromatic rings. The van der Waals surface area contributed by atoms with E-state index in [0.717, 1.165) is 44.9 Å². The fraction of sp³-hybridized carbons (Fsp3) is 0.628. The molecular weight excluding hydrogens is 750 g/mol. The number of nitrogens with two attached hydrogens (primary N) is 1. The van der Waals surface area contributed by atoms with Crippen molar-refractivity contribution in [2.45, 2.75) is 135 Å². The molecule has 13 heteroatoms. The smallest absolute Gasteiger partial charge is 0.227 e. The van der Waals surface area contributed by atoms with Gasteiger partial charge in [-0.05, 0) is 85.7 Å². The van der Waals surface area contributed by atoms with Crippen molar-refractivity contribution in [2.24, 2.45) is 29.1 Å². The van der Waals surface area contributed by atoms with E-state index >= 15 is 0 Å². The number of hydrogen-bond acceptors (Lipinski definition) is 9. The molecule has 6 atom stereocenters. The van der Waals surface area contributed by atoms with Gasteiger partial charge in [-0.25, -0.2) is 4.98 Å². The zero-order chi connectivity index (χ0) is 40.6. The predicted octanol–water partition coefficient (Wildman–Crippen LogP) is 7.33. The summed E-state index contributed by atoms with van der Waals surface area (Å²) < 4.78 is 6.22. The summed E-state index contributed by atoms with van der Waals surface area (Å²) in [6.07, 6.45) is 8.11. The number of para-hydroxylation sites is 2. The lowest BCUT2D eigenvalue weighted by Crippen LogP contribution is -2.51. The monoisotopic (exact) mass is 809 g/mol. The number of nitrogens with one attached hydrogen (secondary N) is 2. The number of nitrogens with zero attached hydrogens (tertiary/aromatic N) is 2. The fourth-order valence-corrected chi connectivity index (χ4v) is 8.64. The third-order valence-electron chi connectivity index (χ3n) is 11.7. The second-order valence-corrected chi connectivity index (χ2v) is 18.1. The van der Waals surface area contributed by atoms with Crippen molar-refractivity contribution in [3.8, 4) is 5.88 Å². The number of carbonyl (C=O) groups excluding carboxylic acids is 4. The number of carbonyl (C=O) groups is 4. The number of amides is 1. The Bertz CT molecular complexity index is 1690. The molecule has 0 bridgehead atoms. The van der Waals surface area contributed by atoms with Crippen molar-refractivity contribution in [1.29, 1.82) is 0 Å². The lowest BCUT2D eigenvalue weighted by molar-refractivity contribution is -0.146. The number of rotatable bonds is 18. The second-order valence-electron chi connectivity index (χ2n) is 17.2. The van der Waals surface area contributed by atoms with Crippen LogP contribution in [0.5, 0.6) is 5.88 Å². The minimum atomic E-state index is -1.24. The van der Waals surface area contributed by atoms with Crippen molar-refractivity contribution in [2.75, 3.05) is 17.6 Å². The van der Waals surface area contributed by atoms with E-state index in [-0.39, 0.29) is 60.1 Å². The number of ether oxygens (including phenoxy) is 1. The van der Waals surface area contributed by atoms with Gasteiger partial charge in [0.1, 0.15) is 12.2 Å². The molecule has 11 nitrogen and oxygen atoms in total. The molecule has 56 heavy (non-hydrogen) atoms. The fourth-order valence-electron chi connectivity index (χ4n) is 8.29. The Labute approximate surface area is 342 Å². The molecule has 0 radical (unpaired) electrons. The number of pyridine rings is 1. The van der Waals surface area contributed by atoms with Gasteiger partial charge in [0.05, 0.1) is 35.0 Å². The van der Waals surface area contributed by atoms with E-state index in [0.29, 0.717) is 47.5 Å². The van der Waals surface area contributed by atoms with Crippen molar-refractivity contribution >= 4 is 63.6 Å². The Kier molecular flexibility index (Phi) is 15.3. The van der Waals surface area contributed by atoms with Gasteiger partial charge in [0.25, 0.3) is 0 Å². The normalized spacial score (nSPS) is 21.1. The summed E-state index contributed by atoms with van der Waals surface area (Å²) >= 11 is 11.8. The molecule has 1 unspecified atom stereocenters. The standard InChI is InChI=1S/C43H60ClN5O6S/c1-5-11-28(40(53)37(52)20-26-16-17-26)21-35(50)34-22-30(55-38-19-18-29(44)24-46-38)25-49(34)41(54)31(43(2,3)4)23-36(51)39(27-12-7-6-8-13-27)48-42(56)47-33-15-10-9-14-32(33)45/h9-10,14-15,18-19,24,26-28,30-31,34,39-40,53H,5-8,11-13,16-17,20-23,25,45H2,1-4H3,(H2,47,48,56)/t28-,30-,31-,34+,39+,40?/m1/s1. The number of nitrogen functional groups attached to an aromatic ring is 1. The Morgan fingerprint density at radius 1 is 1.04 bits per heavy atom. The lowest BCUT2D eigenvalue weighted by Gasteiger charge is -2.37. The van der Waals surface area contributed by atoms with Crippen molar-refractivity contribution in [3.63, 3.8) is 0 Å². The maximum atomic E-state index is 14.9. The zero-order valence-electron chi connectivity index (χ0n) is 33.3. The van der Waals surface area contributed by atoms with Crippen molar-refractivity contribution < 1.29 is 29.0 Å². The number of likely N-dealkylation sites (tertiary alicyclic amines) is 1. The number of ketones is 3. The number of hydrogen-bond donors (Lipinski definition) is 4. The van der Waals surface area contributed by atoms with Gasteiger partial charge < -0.3 is 31.1 Å². The second kappa shape index (κ2) is 19.7. The van der Waals surface area contributed by atoms with Crippen LogP contribution in [-0.2, 0) is 19.2 Å². The van der Waals surface area contributed by atoms with Crippen LogP contribution in [0.1, 0.15) is 111 Å². The van der Waals surface area contributed by atoms with Crippen LogP contribution >= 0.6 is 23.8 Å². The number of anilines is 2. The highest BCUT2D eigenvalue weighted by Gasteiger charge is 2.47. The number of aliphatic hydroxyl groups excluding tert-OH is 1. The first-order valence-corrected chi connectivity index (χ1v) is 21.2. The van der Waals surface area contributed by atoms with Crippen molar-refractivity contribution in [3.05, 3.63) is 47.6 Å². The van der Waals surface area contributed by atoms with Gasteiger partial charge in [0.15, 0.2) is 22.5 Å². The molecule has 1 aromatic heterocycles. The summed E-state index contributed by atoms with van der Waals surface area (Å²) in [7, 11) is 0. The minimum absolute atomic E-state index is 0.0372. The molecule has 0 spiro atoms. The van der Waals surface area contributed by atoms with Gasteiger partial charge in [0, 0.05) is 43.9 Å². The number of aliphatic hydroxyl groups is 1. The van der Waals surface area contributed by atoms with E-state index < -0.39 is 41.5 Å². The summed E-state index contributed by atoms with van der Waals surface area (Å²) in [5, 5.41) is 18.3. The van der Waals surface area contributed by atoms with Crippen LogP contribution in [0, 0.1) is 29.1 Å². The van der Waals surface area contributed by atoms with Crippen LogP contribution in [0.4, 0.5) is 11.4 Å². The average molecular weight is 811 g/mol. The Hall–Kier alpha value is -3.61. The van der Waals surface area contributed by atoms with Crippen LogP contribution in [0.3, 0.4) is 0 Å². The number of benzene rings is 1. The maximum absolute atomic E-state index is 14.9. The van der Waals surface area contributed by atoms with Crippen molar-refractivity contribution in [1.82, 2.24) is 15.2 Å². The van der Waals surface area contributed by atoms with Crippen LogP contribution in [0.15, 0.2) is 42.6 Å². The van der Waals surface area contributed by atoms with E-state index in [1.165, 1.54) is 6.20 Å². The maximum Gasteiger partial charge on any atom is 0.227 e. The highest BCUT2D eigenvalue weighted by atomic mass is 35.5. The predicted molar refractivity (Wildman–Crippen MR) is 223 cm³/mol. The Morgan fingerprint density at radius 2 is 1.75 bits per heavy atom. The molecular formula is C43H60ClN5O6S. The largest absolute Gasteiger partial charge is 0.472 e. The summed E-state index contributed by atoms with van der Waals surface area (Å²) in [5.74, 6) is -1.53. The topological polar surface area (TPSA) is 164 Å². The molecule has 1 aromatic carbocycles. The van der Waals surface area contributed by atoms with Crippen LogP contribution < -0.4 is 21.1 Å². The molecule has 3 fully saturated rings. The molecule has 1 saturated heterocycles. The SMILES string of the molecule is CCC[C@H](CC(=O)[C@@H]1C[C@@H](Oc2ccc(Cl)cn2)CN1C(=O)[C@@H](CC(=O)[C@@H](NC(=S)Nc1ccccc1N)C1CCCCC1)C(C)(C)C)C(O)C(=O)CC1CC1. The highest BCUT2D eigenvalue weighted by Crippen LogP contribution is 2.38. The number of halogens is 1. The number of Topliss-reactive ketones (excluding diaryl/α,β-unsaturated/α-hetero) is 3. The van der Waals surface area contributed by atoms with E-state index in [2.05, 4.69) is 15.6 Å². The Morgan fingerprint density at radius 3 is 2.38 bits per heavy atom. The van der Waals surface area contributed by atoms with Crippen LogP contribution in [0.25, 0.3) is 0 Å². The molecule has 2 saturated carbocycles. The highest BCUT2D eigenvalue weighted by molar-refractivity contribution is 7.80. The minimum Gasteiger partial charge on any atom is -0.472 e. The van der Waals surface area contributed by atoms with Gasteiger partial charge in [0.2, 0.25) is 11.8 Å². The van der Waals surface area contributed by atoms with E-state index in [9.17, 15) is 24.3 Å². The molecule has 3 aliphatic rings. The lowest BCUT2D eigenvalue weighted by atomic mass is 9.74. The van der Waals surface area contributed by atoms with Gasteiger partial charge in [-0.3, -0.25) is 19.2 Å². The summed E-state index contributed by atoms with van der Waals surface area (Å²) in [6, 6.07) is 9.09. The summed E-state index contributed by atoms with van der Waals surface area (Å²) in [6.45, 7) is 7.89. The van der Waals surface area contributed by atoms with E-state index in [1.807, 2.05) is 45.9 Å². The van der Waals surface area contributed by atoms with Crippen LogP contribution in [0.2, 0.25) is 5.02 Å². The average Bonchev–Trinajstić information content (AvgIpc) is 3.88. The van der Waals surface area contributed by atoms with Gasteiger partial charge >= 0.3 is 0 Å². The summed E-state index contributed by atoms with van der Waals surface area (Å²) in [4.78, 5) is 62.6. The molecule has 306 valence electrons. The van der Waals surface area contributed by atoms with Gasteiger partial charge in [-0.15, -0.1) is 0 Å². The number of thiocarbonyl (C=S) groups is 1. The molecule has 2 heterocycles. The van der Waals surface area contributed by atoms with Crippen LogP contribution in [-0.4, -0.2) is 74.2 Å². The quantitative estimate of drug-likeness (QED) is 0.0881. The van der Waals surface area contributed by atoms with Gasteiger partial charge in [-0.1, -0.05) is 77.1 Å². The Balaban J connectivity index is 1.38. The van der Waals surface area contributed by atoms with E-state index in [4.69, 9.17) is 34.3 Å². The first kappa shape index (κ1) is 43.5. The third-order valence-corrected chi connectivity index (χ3v) is 12.1. The summed E-state index contributed by atoms with van der Waals surface area (Å²) in [5.41, 5.74) is 6.68. The molecule has 5 rings (SSSR count). The first-order chi connectivity index (χ1) is 26.6. The molecule has 2 aliphatic carbocycles.